The fourth-order valence-electron chi connectivity index (χ4n) is 3.43. The number of nitro benzene ring substituents is 1. The number of hydrogen-bond donors (Lipinski definition) is 1. The minimum atomic E-state index is -0.463. The summed E-state index contributed by atoms with van der Waals surface area (Å²) in [6.07, 6.45) is 0. The normalized spacial score (nSPS) is 11.5. The average molecular weight is 468 g/mol. The largest absolute Gasteiger partial charge is 0.422 e. The monoisotopic (exact) mass is 468 g/mol. The minimum Gasteiger partial charge on any atom is -0.422 e. The minimum absolute atomic E-state index is 0.00269. The molecule has 5 rings (SSSR count). The molecule has 0 unspecified atom stereocenters. The summed E-state index contributed by atoms with van der Waals surface area (Å²) >= 11 is 1.30. The number of benzene rings is 3. The molecule has 0 spiro atoms. The molecule has 0 radical (unpaired) electrons. The summed E-state index contributed by atoms with van der Waals surface area (Å²) in [5.41, 5.74) is 5.99. The molecule has 2 aromatic heterocycles. The number of anilines is 1. The van der Waals surface area contributed by atoms with Gasteiger partial charge in [0, 0.05) is 34.0 Å². The van der Waals surface area contributed by atoms with Crippen LogP contribution in [0, 0.1) is 10.1 Å². The highest BCUT2D eigenvalue weighted by molar-refractivity contribution is 7.14. The number of hydrazone groups is 1. The molecule has 8 nitrogen and oxygen atoms in total. The predicted octanol–water partition coefficient (Wildman–Crippen LogP) is 5.69. The maximum Gasteiger partial charge on any atom is 0.345 e. The molecule has 0 atom stereocenters. The number of nitrogens with zero attached hydrogens (tertiary/aromatic N) is 3. The Balaban J connectivity index is 1.47. The SMILES string of the molecule is O=c1oc2ccccc2cc1-c1csc(NN=C(c2ccccc2)c2ccc([N+](=O)[O-])cc2)n1. The van der Waals surface area contributed by atoms with Crippen LogP contribution in [0.1, 0.15) is 11.1 Å². The molecule has 9 heteroatoms. The standard InChI is InChI=1S/C25H16N4O4S/c30-24-20(14-18-8-4-5-9-22(18)33-24)21-15-34-25(26-21)28-27-23(16-6-2-1-3-7-16)17-10-12-19(13-11-17)29(31)32/h1-15H,(H,26,28). The lowest BCUT2D eigenvalue weighted by Gasteiger charge is -2.07. The number of rotatable bonds is 6. The number of nitro groups is 1. The summed E-state index contributed by atoms with van der Waals surface area (Å²) in [5.74, 6) is 0. The van der Waals surface area contributed by atoms with Gasteiger partial charge in [-0.1, -0.05) is 48.5 Å². The van der Waals surface area contributed by atoms with Gasteiger partial charge in [-0.25, -0.2) is 9.78 Å². The molecule has 0 aliphatic carbocycles. The molecular formula is C25H16N4O4S. The molecule has 166 valence electrons. The van der Waals surface area contributed by atoms with Crippen molar-refractivity contribution in [3.63, 3.8) is 0 Å². The van der Waals surface area contributed by atoms with Crippen LogP contribution in [0.15, 0.2) is 105 Å². The third kappa shape index (κ3) is 4.32. The second kappa shape index (κ2) is 9.08. The lowest BCUT2D eigenvalue weighted by Crippen LogP contribution is -2.07. The number of non-ortho nitro benzene ring substituents is 1. The molecule has 0 aliphatic heterocycles. The van der Waals surface area contributed by atoms with Gasteiger partial charge < -0.3 is 4.42 Å². The maximum atomic E-state index is 12.5. The Bertz CT molecular complexity index is 1570. The molecule has 0 aliphatic rings. The topological polar surface area (TPSA) is 111 Å². The highest BCUT2D eigenvalue weighted by Crippen LogP contribution is 2.26. The van der Waals surface area contributed by atoms with Crippen LogP contribution < -0.4 is 11.1 Å². The first-order valence-corrected chi connectivity index (χ1v) is 11.1. The van der Waals surface area contributed by atoms with E-state index in [1.54, 1.807) is 29.6 Å². The summed E-state index contributed by atoms with van der Waals surface area (Å²) in [6, 6.07) is 24.7. The van der Waals surface area contributed by atoms with Gasteiger partial charge in [-0.3, -0.25) is 15.5 Å². The van der Waals surface area contributed by atoms with Gasteiger partial charge in [-0.2, -0.15) is 5.10 Å². The second-order valence-corrected chi connectivity index (χ2v) is 8.12. The first kappa shape index (κ1) is 21.2. The fraction of sp³-hybridized carbons (Fsp3) is 0. The van der Waals surface area contributed by atoms with Gasteiger partial charge in [0.25, 0.3) is 5.69 Å². The van der Waals surface area contributed by atoms with E-state index in [9.17, 15) is 14.9 Å². The fourth-order valence-corrected chi connectivity index (χ4v) is 4.08. The van der Waals surface area contributed by atoms with E-state index >= 15 is 0 Å². The molecule has 34 heavy (non-hydrogen) atoms. The zero-order valence-electron chi connectivity index (χ0n) is 17.5. The van der Waals surface area contributed by atoms with Crippen molar-refractivity contribution < 1.29 is 9.34 Å². The van der Waals surface area contributed by atoms with Crippen LogP contribution in [-0.2, 0) is 0 Å². The zero-order chi connectivity index (χ0) is 23.5. The van der Waals surface area contributed by atoms with Crippen molar-refractivity contribution in [2.45, 2.75) is 0 Å². The van der Waals surface area contributed by atoms with Gasteiger partial charge in [0.05, 0.1) is 21.9 Å². The Kier molecular flexibility index (Phi) is 5.67. The summed E-state index contributed by atoms with van der Waals surface area (Å²) in [6.45, 7) is 0. The van der Waals surface area contributed by atoms with E-state index < -0.39 is 10.5 Å². The summed E-state index contributed by atoms with van der Waals surface area (Å²) < 4.78 is 5.41. The van der Waals surface area contributed by atoms with E-state index in [1.165, 1.54) is 23.5 Å². The maximum absolute atomic E-state index is 12.5. The van der Waals surface area contributed by atoms with Crippen molar-refractivity contribution in [3.05, 3.63) is 122 Å². The number of thiazole rings is 1. The molecule has 3 aromatic carbocycles. The van der Waals surface area contributed by atoms with Crippen molar-refractivity contribution in [2.75, 3.05) is 5.43 Å². The van der Waals surface area contributed by atoms with Gasteiger partial charge in [0.1, 0.15) is 5.58 Å². The van der Waals surface area contributed by atoms with Crippen LogP contribution in [0.5, 0.6) is 0 Å². The molecule has 5 aromatic rings. The van der Waals surface area contributed by atoms with Crippen LogP contribution in [0.4, 0.5) is 10.8 Å². The van der Waals surface area contributed by atoms with Gasteiger partial charge in [0.2, 0.25) is 5.13 Å². The van der Waals surface area contributed by atoms with E-state index in [4.69, 9.17) is 4.42 Å². The molecule has 1 N–H and O–H groups in total. The number of fused-ring (bicyclic) bond motifs is 1. The van der Waals surface area contributed by atoms with Crippen LogP contribution in [0.25, 0.3) is 22.2 Å². The van der Waals surface area contributed by atoms with Crippen molar-refractivity contribution in [1.29, 1.82) is 0 Å². The van der Waals surface area contributed by atoms with Crippen molar-refractivity contribution in [3.8, 4) is 11.3 Å². The van der Waals surface area contributed by atoms with E-state index in [1.807, 2.05) is 48.5 Å². The van der Waals surface area contributed by atoms with Crippen LogP contribution in [-0.4, -0.2) is 15.6 Å². The lowest BCUT2D eigenvalue weighted by molar-refractivity contribution is -0.384. The average Bonchev–Trinajstić information content (AvgIpc) is 3.33. The zero-order valence-corrected chi connectivity index (χ0v) is 18.4. The predicted molar refractivity (Wildman–Crippen MR) is 132 cm³/mol. The first-order chi connectivity index (χ1) is 16.6. The highest BCUT2D eigenvalue weighted by Gasteiger charge is 2.13. The van der Waals surface area contributed by atoms with Gasteiger partial charge in [0.15, 0.2) is 0 Å². The summed E-state index contributed by atoms with van der Waals surface area (Å²) in [4.78, 5) is 27.5. The van der Waals surface area contributed by atoms with Gasteiger partial charge >= 0.3 is 5.63 Å². The summed E-state index contributed by atoms with van der Waals surface area (Å²) in [5, 5.41) is 18.6. The smallest absolute Gasteiger partial charge is 0.345 e. The van der Waals surface area contributed by atoms with Crippen molar-refractivity contribution in [1.82, 2.24) is 4.98 Å². The third-order valence-electron chi connectivity index (χ3n) is 5.08. The molecule has 0 fully saturated rings. The Morgan fingerprint density at radius 1 is 0.971 bits per heavy atom. The van der Waals surface area contributed by atoms with Crippen molar-refractivity contribution in [2.24, 2.45) is 5.10 Å². The quantitative estimate of drug-likeness (QED) is 0.148. The van der Waals surface area contributed by atoms with Crippen LogP contribution >= 0.6 is 11.3 Å². The van der Waals surface area contributed by atoms with Crippen LogP contribution in [0.2, 0.25) is 0 Å². The number of para-hydroxylation sites is 1. The molecular weight excluding hydrogens is 452 g/mol. The molecule has 0 saturated carbocycles. The molecule has 0 bridgehead atoms. The third-order valence-corrected chi connectivity index (χ3v) is 5.83. The number of aromatic nitrogens is 1. The molecule has 2 heterocycles. The van der Waals surface area contributed by atoms with E-state index in [-0.39, 0.29) is 5.69 Å². The Morgan fingerprint density at radius 2 is 1.68 bits per heavy atom. The van der Waals surface area contributed by atoms with E-state index in [2.05, 4.69) is 15.5 Å². The Hall–Kier alpha value is -4.63. The molecule has 0 amide bonds. The van der Waals surface area contributed by atoms with E-state index in [0.29, 0.717) is 33.2 Å². The van der Waals surface area contributed by atoms with Gasteiger partial charge in [-0.05, 0) is 24.3 Å². The number of nitrogens with one attached hydrogen (secondary N) is 1. The van der Waals surface area contributed by atoms with E-state index in [0.717, 1.165) is 10.9 Å². The number of hydrogen-bond acceptors (Lipinski definition) is 8. The van der Waals surface area contributed by atoms with Crippen molar-refractivity contribution >= 4 is 38.8 Å². The Labute approximate surface area is 197 Å². The Morgan fingerprint density at radius 3 is 2.44 bits per heavy atom. The highest BCUT2D eigenvalue weighted by atomic mass is 32.1. The van der Waals surface area contributed by atoms with Crippen LogP contribution in [0.3, 0.4) is 0 Å². The first-order valence-electron chi connectivity index (χ1n) is 10.2. The van der Waals surface area contributed by atoms with Gasteiger partial charge in [-0.15, -0.1) is 11.3 Å². The second-order valence-electron chi connectivity index (χ2n) is 7.27. The summed E-state index contributed by atoms with van der Waals surface area (Å²) in [7, 11) is 0. The molecule has 0 saturated heterocycles. The lowest BCUT2D eigenvalue weighted by atomic mass is 10.0.